The van der Waals surface area contributed by atoms with Gasteiger partial charge < -0.3 is 10.1 Å². The van der Waals surface area contributed by atoms with Gasteiger partial charge in [0.1, 0.15) is 5.75 Å². The predicted octanol–water partition coefficient (Wildman–Crippen LogP) is 2.16. The second-order valence-corrected chi connectivity index (χ2v) is 3.84. The number of ether oxygens (including phenoxy) is 1. The van der Waals surface area contributed by atoms with Gasteiger partial charge in [0.15, 0.2) is 0 Å². The van der Waals surface area contributed by atoms with E-state index in [0.29, 0.717) is 0 Å². The van der Waals surface area contributed by atoms with E-state index < -0.39 is 0 Å². The van der Waals surface area contributed by atoms with E-state index in [1.807, 2.05) is 12.1 Å². The molecule has 0 radical (unpaired) electrons. The summed E-state index contributed by atoms with van der Waals surface area (Å²) < 4.78 is 5.12. The van der Waals surface area contributed by atoms with E-state index in [-0.39, 0.29) is 0 Å². The molecule has 1 aliphatic heterocycles. The van der Waals surface area contributed by atoms with Gasteiger partial charge in [-0.3, -0.25) is 0 Å². The van der Waals surface area contributed by atoms with Crippen molar-refractivity contribution in [2.45, 2.75) is 12.8 Å². The van der Waals surface area contributed by atoms with Crippen LogP contribution in [0.2, 0.25) is 0 Å². The largest absolute Gasteiger partial charge is 0.497 e. The Morgan fingerprint density at radius 1 is 1.33 bits per heavy atom. The van der Waals surface area contributed by atoms with Gasteiger partial charge in [0, 0.05) is 6.54 Å². The Morgan fingerprint density at radius 3 is 2.73 bits per heavy atom. The third kappa shape index (κ3) is 2.83. The lowest BCUT2D eigenvalue weighted by Gasteiger charge is -2.01. The fraction of sp³-hybridized carbons (Fsp3) is 0.385. The van der Waals surface area contributed by atoms with E-state index in [4.69, 9.17) is 4.74 Å². The Balaban J connectivity index is 1.95. The summed E-state index contributed by atoms with van der Waals surface area (Å²) in [4.78, 5) is 0. The van der Waals surface area contributed by atoms with Gasteiger partial charge in [-0.15, -0.1) is 0 Å². The quantitative estimate of drug-likeness (QED) is 0.760. The van der Waals surface area contributed by atoms with Gasteiger partial charge in [0.25, 0.3) is 0 Å². The number of hydrogen-bond acceptors (Lipinski definition) is 2. The summed E-state index contributed by atoms with van der Waals surface area (Å²) in [5.74, 6) is 0.925. The average Bonchev–Trinajstić information content (AvgIpc) is 2.80. The van der Waals surface area contributed by atoms with Crippen LogP contribution in [0.25, 0.3) is 0 Å². The number of allylic oxidation sites excluding steroid dienone is 1. The highest BCUT2D eigenvalue weighted by Crippen LogP contribution is 2.13. The molecule has 1 heterocycles. The van der Waals surface area contributed by atoms with E-state index in [9.17, 15) is 0 Å². The molecule has 0 bridgehead atoms. The number of methoxy groups -OCH3 is 1. The second kappa shape index (κ2) is 4.99. The smallest absolute Gasteiger partial charge is 0.118 e. The van der Waals surface area contributed by atoms with Gasteiger partial charge >= 0.3 is 0 Å². The summed E-state index contributed by atoms with van der Waals surface area (Å²) in [6.45, 7) is 2.20. The van der Waals surface area contributed by atoms with Crippen molar-refractivity contribution in [2.24, 2.45) is 0 Å². The van der Waals surface area contributed by atoms with Crippen LogP contribution in [0.1, 0.15) is 12.0 Å². The summed E-state index contributed by atoms with van der Waals surface area (Å²) in [5.41, 5.74) is 2.88. The molecule has 80 valence electrons. The minimum atomic E-state index is 0.925. The van der Waals surface area contributed by atoms with E-state index >= 15 is 0 Å². The zero-order valence-corrected chi connectivity index (χ0v) is 9.12. The number of nitrogens with one attached hydrogen (secondary N) is 1. The first-order chi connectivity index (χ1) is 7.38. The van der Waals surface area contributed by atoms with Gasteiger partial charge in [-0.25, -0.2) is 0 Å². The molecule has 2 rings (SSSR count). The third-order valence-electron chi connectivity index (χ3n) is 2.76. The van der Waals surface area contributed by atoms with Crippen molar-refractivity contribution in [3.05, 3.63) is 41.5 Å². The molecule has 1 saturated heterocycles. The Kier molecular flexibility index (Phi) is 3.41. The molecule has 2 heteroatoms. The maximum atomic E-state index is 5.12. The van der Waals surface area contributed by atoms with Crippen molar-refractivity contribution in [2.75, 3.05) is 20.2 Å². The summed E-state index contributed by atoms with van der Waals surface area (Å²) >= 11 is 0. The van der Waals surface area contributed by atoms with Crippen molar-refractivity contribution in [3.63, 3.8) is 0 Å². The summed E-state index contributed by atoms with van der Waals surface area (Å²) in [6, 6.07) is 8.28. The van der Waals surface area contributed by atoms with Gasteiger partial charge in [-0.2, -0.15) is 0 Å². The maximum absolute atomic E-state index is 5.12. The second-order valence-electron chi connectivity index (χ2n) is 3.84. The van der Waals surface area contributed by atoms with Crippen LogP contribution in [0.5, 0.6) is 5.75 Å². The molecule has 0 aliphatic carbocycles. The molecule has 0 spiro atoms. The minimum absolute atomic E-state index is 0.925. The zero-order chi connectivity index (χ0) is 10.5. The molecule has 1 aromatic carbocycles. The summed E-state index contributed by atoms with van der Waals surface area (Å²) in [7, 11) is 1.70. The Hall–Kier alpha value is -1.28. The number of rotatable bonds is 3. The fourth-order valence-corrected chi connectivity index (χ4v) is 1.78. The molecule has 0 aromatic heterocycles. The molecule has 0 unspecified atom stereocenters. The third-order valence-corrected chi connectivity index (χ3v) is 2.76. The Labute approximate surface area is 91.0 Å². The van der Waals surface area contributed by atoms with E-state index in [1.54, 1.807) is 7.11 Å². The lowest BCUT2D eigenvalue weighted by Crippen LogP contribution is -2.04. The van der Waals surface area contributed by atoms with Crippen molar-refractivity contribution in [1.82, 2.24) is 5.32 Å². The van der Waals surface area contributed by atoms with E-state index in [0.717, 1.165) is 25.3 Å². The van der Waals surface area contributed by atoms with Crippen molar-refractivity contribution >= 4 is 0 Å². The first-order valence-electron chi connectivity index (χ1n) is 5.40. The molecule has 0 saturated carbocycles. The Bertz CT molecular complexity index is 332. The van der Waals surface area contributed by atoms with Crippen LogP contribution in [0, 0.1) is 0 Å². The first-order valence-corrected chi connectivity index (χ1v) is 5.40. The van der Waals surface area contributed by atoms with Gasteiger partial charge in [-0.1, -0.05) is 23.8 Å². The number of benzene rings is 1. The predicted molar refractivity (Wildman–Crippen MR) is 62.3 cm³/mol. The van der Waals surface area contributed by atoms with E-state index in [2.05, 4.69) is 23.5 Å². The molecule has 1 aromatic rings. The lowest BCUT2D eigenvalue weighted by molar-refractivity contribution is 0.414. The highest BCUT2D eigenvalue weighted by Gasteiger charge is 2.04. The van der Waals surface area contributed by atoms with Crippen LogP contribution in [-0.2, 0) is 6.42 Å². The van der Waals surface area contributed by atoms with E-state index in [1.165, 1.54) is 17.6 Å². The SMILES string of the molecule is COc1ccc(CC=C2CCNC2)cc1. The van der Waals surface area contributed by atoms with Crippen LogP contribution in [-0.4, -0.2) is 20.2 Å². The van der Waals surface area contributed by atoms with Gasteiger partial charge in [-0.05, 0) is 37.1 Å². The normalized spacial score (nSPS) is 18.3. The topological polar surface area (TPSA) is 21.3 Å². The monoisotopic (exact) mass is 203 g/mol. The minimum Gasteiger partial charge on any atom is -0.497 e. The fourth-order valence-electron chi connectivity index (χ4n) is 1.78. The summed E-state index contributed by atoms with van der Waals surface area (Å²) in [6.07, 6.45) is 4.57. The van der Waals surface area contributed by atoms with Crippen LogP contribution in [0.4, 0.5) is 0 Å². The molecule has 2 nitrogen and oxygen atoms in total. The molecule has 0 atom stereocenters. The van der Waals surface area contributed by atoms with Crippen molar-refractivity contribution in [1.29, 1.82) is 0 Å². The lowest BCUT2D eigenvalue weighted by atomic mass is 10.1. The average molecular weight is 203 g/mol. The van der Waals surface area contributed by atoms with Crippen LogP contribution < -0.4 is 10.1 Å². The first kappa shape index (κ1) is 10.2. The van der Waals surface area contributed by atoms with Crippen LogP contribution >= 0.6 is 0 Å². The van der Waals surface area contributed by atoms with Crippen molar-refractivity contribution < 1.29 is 4.74 Å². The van der Waals surface area contributed by atoms with Crippen LogP contribution in [0.3, 0.4) is 0 Å². The molecular formula is C13H17NO. The summed E-state index contributed by atoms with van der Waals surface area (Å²) in [5, 5.41) is 3.34. The number of hydrogen-bond donors (Lipinski definition) is 1. The van der Waals surface area contributed by atoms with Gasteiger partial charge in [0.2, 0.25) is 0 Å². The molecule has 1 aliphatic rings. The molecule has 15 heavy (non-hydrogen) atoms. The highest BCUT2D eigenvalue weighted by molar-refractivity contribution is 5.29. The maximum Gasteiger partial charge on any atom is 0.118 e. The zero-order valence-electron chi connectivity index (χ0n) is 9.12. The molecular weight excluding hydrogens is 186 g/mol. The van der Waals surface area contributed by atoms with Crippen LogP contribution in [0.15, 0.2) is 35.9 Å². The standard InChI is InChI=1S/C13H17NO/c1-15-13-6-4-11(5-7-13)2-3-12-8-9-14-10-12/h3-7,14H,2,8-10H2,1H3. The Morgan fingerprint density at radius 2 is 2.13 bits per heavy atom. The molecule has 1 fully saturated rings. The molecule has 1 N–H and O–H groups in total. The van der Waals surface area contributed by atoms with Crippen molar-refractivity contribution in [3.8, 4) is 5.75 Å². The molecule has 0 amide bonds. The highest BCUT2D eigenvalue weighted by atomic mass is 16.5. The van der Waals surface area contributed by atoms with Gasteiger partial charge in [0.05, 0.1) is 7.11 Å².